The molecule has 0 aliphatic heterocycles. The Balaban J connectivity index is 2.55. The number of thiophene rings is 1. The van der Waals surface area contributed by atoms with Crippen LogP contribution in [0.2, 0.25) is 0 Å². The van der Waals surface area contributed by atoms with Gasteiger partial charge < -0.3 is 0 Å². The van der Waals surface area contributed by atoms with Crippen LogP contribution in [0.1, 0.15) is 9.75 Å². The zero-order valence-corrected chi connectivity index (χ0v) is 9.17. The van der Waals surface area contributed by atoms with Gasteiger partial charge in [0.25, 0.3) is 0 Å². The lowest BCUT2D eigenvalue weighted by molar-refractivity contribution is 1.20. The monoisotopic (exact) mass is 216 g/mol. The van der Waals surface area contributed by atoms with Crippen LogP contribution in [0.15, 0.2) is 12.4 Å². The highest BCUT2D eigenvalue weighted by Gasteiger charge is 2.10. The molecule has 3 heterocycles. The molecule has 15 heavy (non-hydrogen) atoms. The Labute approximate surface area is 90.0 Å². The maximum Gasteiger partial charge on any atom is 0.198 e. The predicted molar refractivity (Wildman–Crippen MR) is 60.0 cm³/mol. The van der Waals surface area contributed by atoms with E-state index in [0.717, 1.165) is 11.0 Å². The summed E-state index contributed by atoms with van der Waals surface area (Å²) in [4.78, 5) is 19.6. The molecule has 3 aromatic heterocycles. The molecule has 5 heteroatoms. The first-order chi connectivity index (χ1) is 7.25. The van der Waals surface area contributed by atoms with Crippen LogP contribution in [0, 0.1) is 13.8 Å². The number of aryl methyl sites for hydroxylation is 2. The highest BCUT2D eigenvalue weighted by Crippen LogP contribution is 2.27. The minimum Gasteiger partial charge on any atom is -0.232 e. The summed E-state index contributed by atoms with van der Waals surface area (Å²) in [5, 5.41) is 0. The minimum absolute atomic E-state index is 0.617. The van der Waals surface area contributed by atoms with Gasteiger partial charge >= 0.3 is 0 Å². The van der Waals surface area contributed by atoms with E-state index in [9.17, 15) is 0 Å². The fraction of sp³-hybridized carbons (Fsp3) is 0.200. The van der Waals surface area contributed by atoms with Crippen molar-refractivity contribution in [3.05, 3.63) is 22.1 Å². The third kappa shape index (κ3) is 1.20. The molecule has 0 spiro atoms. The van der Waals surface area contributed by atoms with Gasteiger partial charge in [0.05, 0.1) is 0 Å². The molecule has 0 atom stereocenters. The molecule has 3 aromatic rings. The lowest BCUT2D eigenvalue weighted by Gasteiger charge is -1.95. The maximum absolute atomic E-state index is 4.47. The maximum atomic E-state index is 4.47. The molecule has 0 amide bonds. The van der Waals surface area contributed by atoms with Crippen molar-refractivity contribution in [1.82, 2.24) is 19.9 Å². The molecule has 0 N–H and O–H groups in total. The van der Waals surface area contributed by atoms with Gasteiger partial charge in [0.2, 0.25) is 0 Å². The molecule has 0 saturated carbocycles. The fourth-order valence-corrected chi connectivity index (χ4v) is 2.55. The second kappa shape index (κ2) is 2.93. The summed E-state index contributed by atoms with van der Waals surface area (Å²) in [7, 11) is 0. The molecule has 0 bridgehead atoms. The predicted octanol–water partition coefficient (Wildman–Crippen LogP) is 2.25. The van der Waals surface area contributed by atoms with E-state index in [1.165, 1.54) is 9.75 Å². The molecule has 4 nitrogen and oxygen atoms in total. The zero-order valence-electron chi connectivity index (χ0n) is 8.35. The van der Waals surface area contributed by atoms with Crippen LogP contribution in [0.3, 0.4) is 0 Å². The van der Waals surface area contributed by atoms with Crippen LogP contribution < -0.4 is 0 Å². The summed E-state index contributed by atoms with van der Waals surface area (Å²) in [6, 6.07) is 0. The van der Waals surface area contributed by atoms with Crippen molar-refractivity contribution in [3.63, 3.8) is 0 Å². The van der Waals surface area contributed by atoms with Crippen molar-refractivity contribution in [2.45, 2.75) is 13.8 Å². The van der Waals surface area contributed by atoms with Gasteiger partial charge in [-0.3, -0.25) is 0 Å². The van der Waals surface area contributed by atoms with Gasteiger partial charge in [-0.25, -0.2) is 19.9 Å². The van der Waals surface area contributed by atoms with Gasteiger partial charge in [0, 0.05) is 22.1 Å². The summed E-state index contributed by atoms with van der Waals surface area (Å²) in [6.07, 6.45) is 3.27. The highest BCUT2D eigenvalue weighted by atomic mass is 32.1. The van der Waals surface area contributed by atoms with E-state index in [4.69, 9.17) is 0 Å². The lowest BCUT2D eigenvalue weighted by atomic mass is 10.3. The number of hydrogen-bond acceptors (Lipinski definition) is 5. The Morgan fingerprint density at radius 2 is 1.33 bits per heavy atom. The lowest BCUT2D eigenvalue weighted by Crippen LogP contribution is -1.91. The molecule has 0 aliphatic carbocycles. The molecule has 0 saturated heterocycles. The summed E-state index contributed by atoms with van der Waals surface area (Å²) in [5.74, 6) is 0. The standard InChI is InChI=1S/C10H8N4S/c1-5-7-8(6(2)15-5)14-10-9(13-7)11-3-4-12-10/h3-4H,1-2H3. The van der Waals surface area contributed by atoms with Gasteiger partial charge in [0.1, 0.15) is 11.0 Å². The summed E-state index contributed by atoms with van der Waals surface area (Å²) >= 11 is 1.71. The second-order valence-corrected chi connectivity index (χ2v) is 4.77. The third-order valence-corrected chi connectivity index (χ3v) is 3.29. The van der Waals surface area contributed by atoms with Crippen LogP contribution in [0.5, 0.6) is 0 Å². The van der Waals surface area contributed by atoms with Crippen molar-refractivity contribution in [1.29, 1.82) is 0 Å². The quantitative estimate of drug-likeness (QED) is 0.578. The normalized spacial score (nSPS) is 11.3. The first kappa shape index (κ1) is 8.67. The highest BCUT2D eigenvalue weighted by molar-refractivity contribution is 7.13. The van der Waals surface area contributed by atoms with Crippen molar-refractivity contribution in [3.8, 4) is 0 Å². The van der Waals surface area contributed by atoms with Gasteiger partial charge in [-0.05, 0) is 13.8 Å². The summed E-state index contributed by atoms with van der Waals surface area (Å²) in [6.45, 7) is 4.10. The SMILES string of the molecule is Cc1sc(C)c2nc3nccnc3nc12. The second-order valence-electron chi connectivity index (χ2n) is 3.34. The molecular formula is C10H8N4S. The molecule has 0 radical (unpaired) electrons. The van der Waals surface area contributed by atoms with E-state index in [0.29, 0.717) is 11.3 Å². The first-order valence-corrected chi connectivity index (χ1v) is 5.42. The topological polar surface area (TPSA) is 51.6 Å². The Morgan fingerprint density at radius 1 is 0.867 bits per heavy atom. The largest absolute Gasteiger partial charge is 0.232 e. The molecule has 74 valence electrons. The molecule has 0 aromatic carbocycles. The molecular weight excluding hydrogens is 208 g/mol. The smallest absolute Gasteiger partial charge is 0.198 e. The zero-order chi connectivity index (χ0) is 10.4. The molecule has 0 fully saturated rings. The number of rotatable bonds is 0. The first-order valence-electron chi connectivity index (χ1n) is 4.60. The summed E-state index contributed by atoms with van der Waals surface area (Å²) in [5.41, 5.74) is 3.13. The van der Waals surface area contributed by atoms with Gasteiger partial charge in [-0.15, -0.1) is 11.3 Å². The van der Waals surface area contributed by atoms with Crippen LogP contribution in [0.4, 0.5) is 0 Å². The van der Waals surface area contributed by atoms with Crippen molar-refractivity contribution in [2.24, 2.45) is 0 Å². The van der Waals surface area contributed by atoms with E-state index in [-0.39, 0.29) is 0 Å². The Morgan fingerprint density at radius 3 is 1.80 bits per heavy atom. The number of aromatic nitrogens is 4. The van der Waals surface area contributed by atoms with Crippen molar-refractivity contribution < 1.29 is 0 Å². The van der Waals surface area contributed by atoms with Crippen LogP contribution in [0.25, 0.3) is 22.3 Å². The van der Waals surface area contributed by atoms with Crippen LogP contribution in [-0.2, 0) is 0 Å². The third-order valence-electron chi connectivity index (χ3n) is 2.29. The molecule has 0 unspecified atom stereocenters. The fourth-order valence-electron chi connectivity index (χ4n) is 1.62. The number of nitrogens with zero attached hydrogens (tertiary/aromatic N) is 4. The number of hydrogen-bond donors (Lipinski definition) is 0. The average molecular weight is 216 g/mol. The van der Waals surface area contributed by atoms with Crippen molar-refractivity contribution in [2.75, 3.05) is 0 Å². The van der Waals surface area contributed by atoms with Crippen molar-refractivity contribution >= 4 is 33.7 Å². The summed E-state index contributed by atoms with van der Waals surface area (Å²) < 4.78 is 0. The van der Waals surface area contributed by atoms with E-state index in [1.807, 2.05) is 0 Å². The van der Waals surface area contributed by atoms with Gasteiger partial charge in [-0.1, -0.05) is 0 Å². The molecule has 3 rings (SSSR count). The van der Waals surface area contributed by atoms with Crippen LogP contribution in [-0.4, -0.2) is 19.9 Å². The van der Waals surface area contributed by atoms with Crippen LogP contribution >= 0.6 is 11.3 Å². The Kier molecular flexibility index (Phi) is 1.70. The average Bonchev–Trinajstić information content (AvgIpc) is 2.52. The van der Waals surface area contributed by atoms with E-state index < -0.39 is 0 Å². The van der Waals surface area contributed by atoms with Gasteiger partial charge in [-0.2, -0.15) is 0 Å². The number of fused-ring (bicyclic) bond motifs is 2. The minimum atomic E-state index is 0.617. The Hall–Kier alpha value is -1.62. The van der Waals surface area contributed by atoms with E-state index in [1.54, 1.807) is 23.7 Å². The van der Waals surface area contributed by atoms with E-state index >= 15 is 0 Å². The van der Waals surface area contributed by atoms with E-state index in [2.05, 4.69) is 33.8 Å². The molecule has 0 aliphatic rings. The van der Waals surface area contributed by atoms with Gasteiger partial charge in [0.15, 0.2) is 11.3 Å². The Bertz CT molecular complexity index is 603.